The first-order valence-corrected chi connectivity index (χ1v) is 8.89. The molecule has 2 aliphatic heterocycles. The average Bonchev–Trinajstić information content (AvgIpc) is 3.39. The summed E-state index contributed by atoms with van der Waals surface area (Å²) in [6.45, 7) is 2.74. The highest BCUT2D eigenvalue weighted by atomic mass is 16.3. The molecule has 26 heavy (non-hydrogen) atoms. The number of hydrazine groups is 1. The third-order valence-corrected chi connectivity index (χ3v) is 5.07. The average molecular weight is 354 g/mol. The minimum atomic E-state index is -0.148. The maximum absolute atomic E-state index is 13.0. The molecule has 0 bridgehead atoms. The van der Waals surface area contributed by atoms with Gasteiger partial charge < -0.3 is 14.2 Å². The lowest BCUT2D eigenvalue weighted by atomic mass is 9.93. The highest BCUT2D eigenvalue weighted by Gasteiger charge is 2.37. The van der Waals surface area contributed by atoms with Crippen molar-refractivity contribution in [2.45, 2.75) is 6.04 Å². The quantitative estimate of drug-likeness (QED) is 0.861. The fourth-order valence-electron chi connectivity index (χ4n) is 3.62. The van der Waals surface area contributed by atoms with E-state index < -0.39 is 0 Å². The fraction of sp³-hybridized carbons (Fsp3) is 0.368. The van der Waals surface area contributed by atoms with Gasteiger partial charge in [-0.25, -0.2) is 5.43 Å². The van der Waals surface area contributed by atoms with Gasteiger partial charge in [0.25, 0.3) is 5.91 Å². The number of nitrogens with one attached hydrogen (secondary N) is 2. The van der Waals surface area contributed by atoms with Crippen LogP contribution in [0, 0.1) is 5.92 Å². The lowest BCUT2D eigenvalue weighted by Gasteiger charge is -2.36. The molecule has 0 radical (unpaired) electrons. The van der Waals surface area contributed by atoms with E-state index in [4.69, 9.17) is 4.42 Å². The maximum atomic E-state index is 13.0. The molecule has 2 unspecified atom stereocenters. The lowest BCUT2D eigenvalue weighted by molar-refractivity contribution is -0.137. The van der Waals surface area contributed by atoms with Crippen LogP contribution in [0.4, 0.5) is 0 Å². The Labute approximate surface area is 151 Å². The Kier molecular flexibility index (Phi) is 4.73. The molecule has 0 spiro atoms. The van der Waals surface area contributed by atoms with E-state index in [1.165, 1.54) is 6.26 Å². The van der Waals surface area contributed by atoms with Gasteiger partial charge in [0.2, 0.25) is 5.91 Å². The number of nitrogens with zero attached hydrogens (tertiary/aromatic N) is 2. The number of hydrogen-bond donors (Lipinski definition) is 2. The normalized spacial score (nSPS) is 23.2. The summed E-state index contributed by atoms with van der Waals surface area (Å²) in [6, 6.07) is 13.3. The van der Waals surface area contributed by atoms with Crippen molar-refractivity contribution in [3.8, 4) is 0 Å². The molecule has 4 rings (SSSR count). The van der Waals surface area contributed by atoms with Gasteiger partial charge in [-0.1, -0.05) is 30.3 Å². The van der Waals surface area contributed by atoms with Gasteiger partial charge in [-0.15, -0.1) is 0 Å². The highest BCUT2D eigenvalue weighted by molar-refractivity contribution is 5.91. The second-order valence-corrected chi connectivity index (χ2v) is 6.61. The Balaban J connectivity index is 1.38. The molecule has 7 heteroatoms. The number of carbonyl (C=O) groups is 2. The summed E-state index contributed by atoms with van der Waals surface area (Å²) in [5, 5.41) is 0. The van der Waals surface area contributed by atoms with Crippen molar-refractivity contribution >= 4 is 11.8 Å². The van der Waals surface area contributed by atoms with Gasteiger partial charge in [0.15, 0.2) is 5.76 Å². The van der Waals surface area contributed by atoms with E-state index in [1.54, 1.807) is 17.0 Å². The summed E-state index contributed by atoms with van der Waals surface area (Å²) in [5.74, 6) is 0.206. The highest BCUT2D eigenvalue weighted by Crippen LogP contribution is 2.26. The maximum Gasteiger partial charge on any atom is 0.289 e. The number of furan rings is 1. The van der Waals surface area contributed by atoms with E-state index in [0.717, 1.165) is 5.56 Å². The van der Waals surface area contributed by atoms with E-state index >= 15 is 0 Å². The number of piperazine rings is 1. The SMILES string of the molecule is O=C(c1ccco1)N1CCN(C(=O)C2CNNC2c2ccccc2)CC1. The van der Waals surface area contributed by atoms with E-state index in [-0.39, 0.29) is 23.8 Å². The van der Waals surface area contributed by atoms with Gasteiger partial charge in [0.05, 0.1) is 18.2 Å². The van der Waals surface area contributed by atoms with E-state index in [1.807, 2.05) is 35.2 Å². The van der Waals surface area contributed by atoms with Crippen molar-refractivity contribution in [3.63, 3.8) is 0 Å². The van der Waals surface area contributed by atoms with Crippen molar-refractivity contribution in [1.29, 1.82) is 0 Å². The molecular weight excluding hydrogens is 332 g/mol. The van der Waals surface area contributed by atoms with Crippen LogP contribution in [-0.2, 0) is 4.79 Å². The van der Waals surface area contributed by atoms with Crippen LogP contribution in [-0.4, -0.2) is 54.3 Å². The molecule has 2 aliphatic rings. The zero-order valence-corrected chi connectivity index (χ0v) is 14.4. The number of amides is 2. The summed E-state index contributed by atoms with van der Waals surface area (Å²) in [5.41, 5.74) is 7.43. The Hall–Kier alpha value is -2.64. The molecule has 0 saturated carbocycles. The van der Waals surface area contributed by atoms with Crippen LogP contribution >= 0.6 is 0 Å². The first kappa shape index (κ1) is 16.8. The molecule has 7 nitrogen and oxygen atoms in total. The summed E-state index contributed by atoms with van der Waals surface area (Å²) < 4.78 is 5.18. The van der Waals surface area contributed by atoms with Crippen LogP contribution < -0.4 is 10.9 Å². The van der Waals surface area contributed by atoms with Gasteiger partial charge in [0, 0.05) is 32.7 Å². The number of carbonyl (C=O) groups excluding carboxylic acids is 2. The van der Waals surface area contributed by atoms with E-state index in [9.17, 15) is 9.59 Å². The second-order valence-electron chi connectivity index (χ2n) is 6.61. The van der Waals surface area contributed by atoms with Crippen LogP contribution in [0.2, 0.25) is 0 Å². The zero-order valence-electron chi connectivity index (χ0n) is 14.4. The molecule has 3 heterocycles. The Bertz CT molecular complexity index is 754. The monoisotopic (exact) mass is 354 g/mol. The molecule has 2 amide bonds. The van der Waals surface area contributed by atoms with E-state index in [0.29, 0.717) is 38.5 Å². The predicted octanol–water partition coefficient (Wildman–Crippen LogP) is 1.03. The summed E-state index contributed by atoms with van der Waals surface area (Å²) in [6.07, 6.45) is 1.50. The zero-order chi connectivity index (χ0) is 17.9. The topological polar surface area (TPSA) is 77.8 Å². The fourth-order valence-corrected chi connectivity index (χ4v) is 3.62. The minimum absolute atomic E-state index is 0.0357. The van der Waals surface area contributed by atoms with Crippen LogP contribution in [0.1, 0.15) is 22.2 Å². The molecule has 0 aliphatic carbocycles. The second kappa shape index (κ2) is 7.31. The molecule has 2 atom stereocenters. The third-order valence-electron chi connectivity index (χ3n) is 5.07. The first-order valence-electron chi connectivity index (χ1n) is 8.89. The van der Waals surface area contributed by atoms with Gasteiger partial charge in [0.1, 0.15) is 0 Å². The first-order chi connectivity index (χ1) is 12.7. The molecule has 2 saturated heterocycles. The summed E-state index contributed by atoms with van der Waals surface area (Å²) in [4.78, 5) is 29.0. The summed E-state index contributed by atoms with van der Waals surface area (Å²) in [7, 11) is 0. The van der Waals surface area contributed by atoms with Gasteiger partial charge in [-0.05, 0) is 17.7 Å². The number of hydrogen-bond acceptors (Lipinski definition) is 5. The number of benzene rings is 1. The smallest absolute Gasteiger partial charge is 0.289 e. The van der Waals surface area contributed by atoms with Crippen LogP contribution in [0.5, 0.6) is 0 Å². The molecule has 2 N–H and O–H groups in total. The summed E-state index contributed by atoms with van der Waals surface area (Å²) >= 11 is 0. The molecule has 2 aromatic rings. The van der Waals surface area contributed by atoms with Crippen molar-refractivity contribution in [2.24, 2.45) is 5.92 Å². The Morgan fingerprint density at radius 3 is 2.38 bits per heavy atom. The van der Waals surface area contributed by atoms with Gasteiger partial charge in [-0.2, -0.15) is 0 Å². The largest absolute Gasteiger partial charge is 0.459 e. The van der Waals surface area contributed by atoms with Crippen LogP contribution in [0.3, 0.4) is 0 Å². The van der Waals surface area contributed by atoms with Crippen molar-refractivity contribution < 1.29 is 14.0 Å². The Morgan fingerprint density at radius 2 is 1.69 bits per heavy atom. The molecule has 2 fully saturated rings. The molecular formula is C19H22N4O3. The molecule has 1 aromatic heterocycles. The Morgan fingerprint density at radius 1 is 0.962 bits per heavy atom. The van der Waals surface area contributed by atoms with Gasteiger partial charge in [-0.3, -0.25) is 15.0 Å². The predicted molar refractivity (Wildman–Crippen MR) is 95.0 cm³/mol. The van der Waals surface area contributed by atoms with Crippen LogP contribution in [0.25, 0.3) is 0 Å². The standard InChI is InChI=1S/C19H22N4O3/c24-18(15-13-20-21-17(15)14-5-2-1-3-6-14)22-8-10-23(11-9-22)19(25)16-7-4-12-26-16/h1-7,12,15,17,20-21H,8-11,13H2. The van der Waals surface area contributed by atoms with Crippen molar-refractivity contribution in [3.05, 3.63) is 60.1 Å². The van der Waals surface area contributed by atoms with Crippen LogP contribution in [0.15, 0.2) is 53.1 Å². The number of rotatable bonds is 3. The van der Waals surface area contributed by atoms with E-state index in [2.05, 4.69) is 10.9 Å². The van der Waals surface area contributed by atoms with Crippen molar-refractivity contribution in [2.75, 3.05) is 32.7 Å². The lowest BCUT2D eigenvalue weighted by Crippen LogP contribution is -2.52. The molecule has 1 aromatic carbocycles. The van der Waals surface area contributed by atoms with Crippen molar-refractivity contribution in [1.82, 2.24) is 20.7 Å². The third kappa shape index (κ3) is 3.23. The molecule has 136 valence electrons. The minimum Gasteiger partial charge on any atom is -0.459 e. The van der Waals surface area contributed by atoms with Gasteiger partial charge >= 0.3 is 0 Å².